The predicted molar refractivity (Wildman–Crippen MR) is 95.1 cm³/mol. The average Bonchev–Trinajstić information content (AvgIpc) is 2.94. The van der Waals surface area contributed by atoms with Gasteiger partial charge in [-0.3, -0.25) is 4.79 Å². The largest absolute Gasteiger partial charge is 0.346 e. The molecule has 0 saturated carbocycles. The maximum absolute atomic E-state index is 12.9. The molecule has 1 N–H and O–H groups in total. The number of benzene rings is 1. The molecule has 0 atom stereocenters. The molecule has 1 fully saturated rings. The number of para-hydroxylation sites is 1. The lowest BCUT2D eigenvalue weighted by Gasteiger charge is -2.20. The molecule has 2 heterocycles. The molecule has 1 aromatic carbocycles. The Bertz CT molecular complexity index is 733. The van der Waals surface area contributed by atoms with E-state index in [4.69, 9.17) is 5.26 Å². The lowest BCUT2D eigenvalue weighted by Crippen LogP contribution is -3.13. The van der Waals surface area contributed by atoms with Gasteiger partial charge >= 0.3 is 0 Å². The third-order valence-electron chi connectivity index (χ3n) is 5.02. The standard InChI is InChI=1S/C20H25N3O/c21-11-8-14-23-15-18(17-9-4-5-10-19(17)23)20(24)16-22-12-6-2-1-3-7-13-22/h4-5,9-10,15H,1-3,6-8,12-14,16H2/p+1. The summed E-state index contributed by atoms with van der Waals surface area (Å²) in [6.07, 6.45) is 8.81. The zero-order valence-electron chi connectivity index (χ0n) is 14.3. The second-order valence-electron chi connectivity index (χ2n) is 6.78. The van der Waals surface area contributed by atoms with Crippen LogP contribution >= 0.6 is 0 Å². The Morgan fingerprint density at radius 2 is 1.83 bits per heavy atom. The summed E-state index contributed by atoms with van der Waals surface area (Å²) in [4.78, 5) is 14.3. The lowest BCUT2D eigenvalue weighted by atomic mass is 10.1. The molecule has 1 aromatic heterocycles. The third-order valence-corrected chi connectivity index (χ3v) is 5.02. The van der Waals surface area contributed by atoms with Crippen molar-refractivity contribution in [3.05, 3.63) is 36.0 Å². The highest BCUT2D eigenvalue weighted by Crippen LogP contribution is 2.22. The zero-order chi connectivity index (χ0) is 16.8. The zero-order valence-corrected chi connectivity index (χ0v) is 14.3. The van der Waals surface area contributed by atoms with Crippen LogP contribution in [0, 0.1) is 11.3 Å². The van der Waals surface area contributed by atoms with E-state index in [2.05, 4.69) is 10.6 Å². The van der Waals surface area contributed by atoms with E-state index >= 15 is 0 Å². The number of likely N-dealkylation sites (tertiary alicyclic amines) is 1. The number of Topliss-reactive ketones (excluding diaryl/α,β-unsaturated/α-hetero) is 1. The van der Waals surface area contributed by atoms with Gasteiger partial charge < -0.3 is 9.47 Å². The number of hydrogen-bond acceptors (Lipinski definition) is 2. The van der Waals surface area contributed by atoms with Crippen molar-refractivity contribution in [3.8, 4) is 6.07 Å². The summed E-state index contributed by atoms with van der Waals surface area (Å²) in [6, 6.07) is 10.2. The van der Waals surface area contributed by atoms with Crippen molar-refractivity contribution in [2.24, 2.45) is 0 Å². The Hall–Kier alpha value is -2.12. The van der Waals surface area contributed by atoms with Crippen LogP contribution in [0.2, 0.25) is 0 Å². The number of nitrogens with zero attached hydrogens (tertiary/aromatic N) is 2. The number of nitriles is 1. The molecule has 1 aliphatic rings. The first-order valence-corrected chi connectivity index (χ1v) is 9.11. The van der Waals surface area contributed by atoms with Crippen molar-refractivity contribution >= 4 is 16.7 Å². The van der Waals surface area contributed by atoms with E-state index in [1.807, 2.05) is 30.5 Å². The molecule has 0 unspecified atom stereocenters. The summed E-state index contributed by atoms with van der Waals surface area (Å²) >= 11 is 0. The Balaban J connectivity index is 1.80. The average molecular weight is 324 g/mol. The van der Waals surface area contributed by atoms with Gasteiger partial charge in [-0.25, -0.2) is 0 Å². The van der Waals surface area contributed by atoms with E-state index in [1.54, 1.807) is 0 Å². The SMILES string of the molecule is N#CCCn1cc(C(=O)C[NH+]2CCCCCCC2)c2ccccc21. The van der Waals surface area contributed by atoms with Gasteiger partial charge in [0.25, 0.3) is 0 Å². The minimum absolute atomic E-state index is 0.234. The van der Waals surface area contributed by atoms with Gasteiger partial charge in [-0.05, 0) is 31.7 Å². The normalized spacial score (nSPS) is 16.5. The van der Waals surface area contributed by atoms with E-state index in [1.165, 1.54) is 37.0 Å². The van der Waals surface area contributed by atoms with Gasteiger partial charge in [-0.1, -0.05) is 24.6 Å². The fourth-order valence-corrected chi connectivity index (χ4v) is 3.73. The van der Waals surface area contributed by atoms with Crippen LogP contribution in [0.15, 0.2) is 30.5 Å². The molecular formula is C20H26N3O+. The number of quaternary nitrogens is 1. The fraction of sp³-hybridized carbons (Fsp3) is 0.500. The molecule has 0 bridgehead atoms. The van der Waals surface area contributed by atoms with Gasteiger partial charge in [0.05, 0.1) is 25.6 Å². The molecular weight excluding hydrogens is 298 g/mol. The number of fused-ring (bicyclic) bond motifs is 1. The highest BCUT2D eigenvalue weighted by molar-refractivity contribution is 6.08. The number of aromatic nitrogens is 1. The molecule has 2 aromatic rings. The number of nitrogens with one attached hydrogen (secondary N) is 1. The number of aryl methyl sites for hydroxylation is 1. The summed E-state index contributed by atoms with van der Waals surface area (Å²) in [5, 5.41) is 9.87. The van der Waals surface area contributed by atoms with E-state index < -0.39 is 0 Å². The van der Waals surface area contributed by atoms with Crippen molar-refractivity contribution in [2.45, 2.75) is 45.1 Å². The topological polar surface area (TPSA) is 50.2 Å². The molecule has 0 radical (unpaired) electrons. The van der Waals surface area contributed by atoms with Crippen LogP contribution in [0.1, 0.15) is 48.9 Å². The highest BCUT2D eigenvalue weighted by Gasteiger charge is 2.20. The minimum Gasteiger partial charge on any atom is -0.346 e. The first kappa shape index (κ1) is 16.7. The van der Waals surface area contributed by atoms with Crippen LogP contribution < -0.4 is 4.90 Å². The van der Waals surface area contributed by atoms with Gasteiger partial charge in [0.2, 0.25) is 5.78 Å². The van der Waals surface area contributed by atoms with Crippen molar-refractivity contribution in [1.29, 1.82) is 5.26 Å². The Morgan fingerprint density at radius 1 is 1.12 bits per heavy atom. The van der Waals surface area contributed by atoms with E-state index in [9.17, 15) is 4.79 Å². The van der Waals surface area contributed by atoms with Crippen LogP contribution in [0.4, 0.5) is 0 Å². The van der Waals surface area contributed by atoms with Crippen LogP contribution in [0.5, 0.6) is 0 Å². The number of hydrogen-bond donors (Lipinski definition) is 1. The second-order valence-corrected chi connectivity index (χ2v) is 6.78. The van der Waals surface area contributed by atoms with Crippen LogP contribution in [-0.4, -0.2) is 30.0 Å². The summed E-state index contributed by atoms with van der Waals surface area (Å²) in [6.45, 7) is 3.45. The van der Waals surface area contributed by atoms with E-state index in [0.717, 1.165) is 29.6 Å². The maximum atomic E-state index is 12.9. The molecule has 3 rings (SSSR count). The number of carbonyl (C=O) groups excluding carboxylic acids is 1. The molecule has 4 nitrogen and oxygen atoms in total. The summed E-state index contributed by atoms with van der Waals surface area (Å²) in [7, 11) is 0. The third kappa shape index (κ3) is 3.85. The smallest absolute Gasteiger partial charge is 0.219 e. The highest BCUT2D eigenvalue weighted by atomic mass is 16.1. The van der Waals surface area contributed by atoms with E-state index in [-0.39, 0.29) is 5.78 Å². The molecule has 4 heteroatoms. The molecule has 24 heavy (non-hydrogen) atoms. The molecule has 1 aliphatic heterocycles. The van der Waals surface area contributed by atoms with Gasteiger partial charge in [0, 0.05) is 29.2 Å². The maximum Gasteiger partial charge on any atom is 0.219 e. The summed E-state index contributed by atoms with van der Waals surface area (Å²) in [5.74, 6) is 0.234. The van der Waals surface area contributed by atoms with Gasteiger partial charge in [-0.2, -0.15) is 5.26 Å². The molecule has 1 saturated heterocycles. The lowest BCUT2D eigenvalue weighted by molar-refractivity contribution is -0.892. The van der Waals surface area contributed by atoms with Gasteiger partial charge in [0.15, 0.2) is 0 Å². The van der Waals surface area contributed by atoms with Crippen molar-refractivity contribution < 1.29 is 9.69 Å². The van der Waals surface area contributed by atoms with Crippen molar-refractivity contribution in [2.75, 3.05) is 19.6 Å². The Morgan fingerprint density at radius 3 is 2.58 bits per heavy atom. The summed E-state index contributed by atoms with van der Waals surface area (Å²) in [5.41, 5.74) is 1.87. The van der Waals surface area contributed by atoms with Crippen LogP contribution in [0.3, 0.4) is 0 Å². The quantitative estimate of drug-likeness (QED) is 0.860. The Labute approximate surface area is 143 Å². The van der Waals surface area contributed by atoms with Crippen LogP contribution in [-0.2, 0) is 6.54 Å². The number of ketones is 1. The van der Waals surface area contributed by atoms with Gasteiger partial charge in [0.1, 0.15) is 6.54 Å². The van der Waals surface area contributed by atoms with Gasteiger partial charge in [-0.15, -0.1) is 0 Å². The van der Waals surface area contributed by atoms with Crippen LogP contribution in [0.25, 0.3) is 10.9 Å². The first-order valence-electron chi connectivity index (χ1n) is 9.11. The molecule has 0 aliphatic carbocycles. The Kier molecular flexibility index (Phi) is 5.66. The monoisotopic (exact) mass is 324 g/mol. The minimum atomic E-state index is 0.234. The van der Waals surface area contributed by atoms with E-state index in [0.29, 0.717) is 19.5 Å². The molecule has 0 spiro atoms. The van der Waals surface area contributed by atoms with Crippen molar-refractivity contribution in [1.82, 2.24) is 4.57 Å². The summed E-state index contributed by atoms with van der Waals surface area (Å²) < 4.78 is 2.05. The predicted octanol–water partition coefficient (Wildman–Crippen LogP) is 2.59. The fourth-order valence-electron chi connectivity index (χ4n) is 3.73. The first-order chi connectivity index (χ1) is 11.8. The molecule has 0 amide bonds. The second kappa shape index (κ2) is 8.12. The number of rotatable bonds is 5. The molecule has 126 valence electrons. The van der Waals surface area contributed by atoms with Crippen molar-refractivity contribution in [3.63, 3.8) is 0 Å². The number of carbonyl (C=O) groups is 1.